The third kappa shape index (κ3) is 2.11. The van der Waals surface area contributed by atoms with Gasteiger partial charge in [0, 0.05) is 16.3 Å². The van der Waals surface area contributed by atoms with Crippen LogP contribution in [0.4, 0.5) is 0 Å². The van der Waals surface area contributed by atoms with E-state index in [2.05, 4.69) is 9.97 Å². The van der Waals surface area contributed by atoms with Crippen molar-refractivity contribution in [2.45, 2.75) is 25.3 Å². The maximum absolute atomic E-state index is 6.16. The van der Waals surface area contributed by atoms with Crippen LogP contribution in [-0.4, -0.2) is 9.97 Å². The minimum atomic E-state index is -0.298. The zero-order valence-corrected chi connectivity index (χ0v) is 10.9. The van der Waals surface area contributed by atoms with Crippen LogP contribution >= 0.6 is 11.6 Å². The van der Waals surface area contributed by atoms with Crippen molar-refractivity contribution in [3.8, 4) is 11.3 Å². The quantitative estimate of drug-likeness (QED) is 0.902. The summed E-state index contributed by atoms with van der Waals surface area (Å²) in [6.45, 7) is 1.97. The largest absolute Gasteiger partial charge is 0.319 e. The summed E-state index contributed by atoms with van der Waals surface area (Å²) in [5, 5.41) is 0.724. The van der Waals surface area contributed by atoms with Crippen LogP contribution in [0, 0.1) is 6.92 Å². The Morgan fingerprint density at radius 1 is 1.17 bits per heavy atom. The fourth-order valence-electron chi connectivity index (χ4n) is 1.92. The van der Waals surface area contributed by atoms with E-state index in [9.17, 15) is 0 Å². The van der Waals surface area contributed by atoms with Gasteiger partial charge in [-0.15, -0.1) is 0 Å². The molecule has 18 heavy (non-hydrogen) atoms. The average Bonchev–Trinajstić information content (AvgIpc) is 3.09. The van der Waals surface area contributed by atoms with Gasteiger partial charge < -0.3 is 5.73 Å². The van der Waals surface area contributed by atoms with Crippen LogP contribution in [0.3, 0.4) is 0 Å². The van der Waals surface area contributed by atoms with Gasteiger partial charge in [0.2, 0.25) is 0 Å². The molecule has 1 fully saturated rings. The molecule has 0 amide bonds. The van der Waals surface area contributed by atoms with E-state index in [1.54, 1.807) is 0 Å². The molecule has 0 atom stereocenters. The molecule has 1 heterocycles. The molecular weight excluding hydrogens is 246 g/mol. The molecule has 0 bridgehead atoms. The average molecular weight is 260 g/mol. The summed E-state index contributed by atoms with van der Waals surface area (Å²) in [7, 11) is 0. The van der Waals surface area contributed by atoms with Gasteiger partial charge in [0.05, 0.1) is 11.2 Å². The first-order valence-corrected chi connectivity index (χ1v) is 6.36. The van der Waals surface area contributed by atoms with E-state index in [0.29, 0.717) is 0 Å². The predicted molar refractivity (Wildman–Crippen MR) is 72.3 cm³/mol. The van der Waals surface area contributed by atoms with E-state index < -0.39 is 0 Å². The van der Waals surface area contributed by atoms with Gasteiger partial charge >= 0.3 is 0 Å². The fraction of sp³-hybridized carbons (Fsp3) is 0.286. The SMILES string of the molecule is Cc1cc(-c2ccc(Cl)cc2)nc(C2(N)CC2)n1. The Morgan fingerprint density at radius 3 is 2.44 bits per heavy atom. The van der Waals surface area contributed by atoms with Crippen molar-refractivity contribution in [1.29, 1.82) is 0 Å². The zero-order chi connectivity index (χ0) is 12.8. The van der Waals surface area contributed by atoms with Gasteiger partial charge in [0.25, 0.3) is 0 Å². The van der Waals surface area contributed by atoms with Crippen molar-refractivity contribution in [3.63, 3.8) is 0 Å². The molecule has 0 spiro atoms. The van der Waals surface area contributed by atoms with Gasteiger partial charge in [-0.2, -0.15) is 0 Å². The van der Waals surface area contributed by atoms with Crippen molar-refractivity contribution >= 4 is 11.6 Å². The Hall–Kier alpha value is -1.45. The van der Waals surface area contributed by atoms with Crippen molar-refractivity contribution in [2.24, 2.45) is 5.73 Å². The zero-order valence-electron chi connectivity index (χ0n) is 10.2. The second-order valence-corrected chi connectivity index (χ2v) is 5.32. The molecule has 1 aliphatic carbocycles. The second kappa shape index (κ2) is 4.04. The minimum Gasteiger partial charge on any atom is -0.319 e. The Morgan fingerprint density at radius 2 is 1.83 bits per heavy atom. The first-order chi connectivity index (χ1) is 8.57. The van der Waals surface area contributed by atoms with E-state index in [4.69, 9.17) is 17.3 Å². The van der Waals surface area contributed by atoms with Gasteiger partial charge in [0.1, 0.15) is 5.82 Å². The number of nitrogens with two attached hydrogens (primary N) is 1. The third-order valence-corrected chi connectivity index (χ3v) is 3.48. The van der Waals surface area contributed by atoms with Crippen molar-refractivity contribution in [1.82, 2.24) is 9.97 Å². The first-order valence-electron chi connectivity index (χ1n) is 5.98. The summed E-state index contributed by atoms with van der Waals surface area (Å²) >= 11 is 5.89. The molecule has 0 aliphatic heterocycles. The van der Waals surface area contributed by atoms with E-state index in [-0.39, 0.29) is 5.54 Å². The van der Waals surface area contributed by atoms with Crippen LogP contribution in [0.25, 0.3) is 11.3 Å². The van der Waals surface area contributed by atoms with Gasteiger partial charge in [-0.05, 0) is 38.0 Å². The molecule has 1 aliphatic rings. The lowest BCUT2D eigenvalue weighted by molar-refractivity contribution is 0.669. The van der Waals surface area contributed by atoms with Gasteiger partial charge in [-0.25, -0.2) is 9.97 Å². The highest BCUT2D eigenvalue weighted by Gasteiger charge is 2.43. The number of nitrogens with zero attached hydrogens (tertiary/aromatic N) is 2. The number of halogens is 1. The number of hydrogen-bond donors (Lipinski definition) is 1. The molecule has 2 N–H and O–H groups in total. The molecule has 4 heteroatoms. The molecule has 1 aromatic heterocycles. The normalized spacial score (nSPS) is 16.6. The maximum Gasteiger partial charge on any atom is 0.149 e. The van der Waals surface area contributed by atoms with Crippen molar-refractivity contribution < 1.29 is 0 Å². The first kappa shape index (κ1) is 11.6. The van der Waals surface area contributed by atoms with E-state index >= 15 is 0 Å². The van der Waals surface area contributed by atoms with Crippen LogP contribution < -0.4 is 5.73 Å². The van der Waals surface area contributed by atoms with Crippen LogP contribution in [0.5, 0.6) is 0 Å². The monoisotopic (exact) mass is 259 g/mol. The molecule has 0 radical (unpaired) electrons. The standard InChI is InChI=1S/C14H14ClN3/c1-9-8-12(10-2-4-11(15)5-3-10)18-13(17-9)14(16)6-7-14/h2-5,8H,6-7,16H2,1H3. The molecule has 1 saturated carbocycles. The molecule has 0 unspecified atom stereocenters. The topological polar surface area (TPSA) is 51.8 Å². The molecule has 3 nitrogen and oxygen atoms in total. The molecule has 92 valence electrons. The molecule has 3 rings (SSSR count). The smallest absolute Gasteiger partial charge is 0.149 e. The van der Waals surface area contributed by atoms with Crippen molar-refractivity contribution in [3.05, 3.63) is 46.9 Å². The van der Waals surface area contributed by atoms with Crippen LogP contribution in [-0.2, 0) is 5.54 Å². The number of aryl methyl sites for hydroxylation is 1. The van der Waals surface area contributed by atoms with Gasteiger partial charge in [-0.3, -0.25) is 0 Å². The Kier molecular flexibility index (Phi) is 2.61. The molecular formula is C14H14ClN3. The summed E-state index contributed by atoms with van der Waals surface area (Å²) in [5.74, 6) is 0.757. The van der Waals surface area contributed by atoms with Crippen LogP contribution in [0.15, 0.2) is 30.3 Å². The Balaban J connectivity index is 2.06. The lowest BCUT2D eigenvalue weighted by Gasteiger charge is -2.10. The summed E-state index contributed by atoms with van der Waals surface area (Å²) in [4.78, 5) is 9.04. The molecule has 1 aromatic carbocycles. The summed E-state index contributed by atoms with van der Waals surface area (Å²) in [6, 6.07) is 9.62. The Bertz CT molecular complexity index is 588. The van der Waals surface area contributed by atoms with Gasteiger partial charge in [-0.1, -0.05) is 23.7 Å². The number of aromatic nitrogens is 2. The molecule has 2 aromatic rings. The van der Waals surface area contributed by atoms with E-state index in [1.807, 2.05) is 37.3 Å². The lowest BCUT2D eigenvalue weighted by atomic mass is 10.1. The number of benzene rings is 1. The van der Waals surface area contributed by atoms with Crippen molar-refractivity contribution in [2.75, 3.05) is 0 Å². The molecule has 0 saturated heterocycles. The fourth-order valence-corrected chi connectivity index (χ4v) is 2.04. The second-order valence-electron chi connectivity index (χ2n) is 4.88. The van der Waals surface area contributed by atoms with Crippen LogP contribution in [0.1, 0.15) is 24.4 Å². The maximum atomic E-state index is 6.16. The Labute approximate surface area is 111 Å². The lowest BCUT2D eigenvalue weighted by Crippen LogP contribution is -2.22. The van der Waals surface area contributed by atoms with E-state index in [1.165, 1.54) is 0 Å². The van der Waals surface area contributed by atoms with Crippen LogP contribution in [0.2, 0.25) is 5.02 Å². The highest BCUT2D eigenvalue weighted by atomic mass is 35.5. The van der Waals surface area contributed by atoms with E-state index in [0.717, 1.165) is 40.6 Å². The summed E-state index contributed by atoms with van der Waals surface area (Å²) < 4.78 is 0. The summed E-state index contributed by atoms with van der Waals surface area (Å²) in [5.41, 5.74) is 8.75. The highest BCUT2D eigenvalue weighted by Crippen LogP contribution is 2.41. The number of rotatable bonds is 2. The van der Waals surface area contributed by atoms with Gasteiger partial charge in [0.15, 0.2) is 0 Å². The minimum absolute atomic E-state index is 0.298. The highest BCUT2D eigenvalue weighted by molar-refractivity contribution is 6.30. The third-order valence-electron chi connectivity index (χ3n) is 3.23. The summed E-state index contributed by atoms with van der Waals surface area (Å²) in [6.07, 6.45) is 1.94. The number of hydrogen-bond acceptors (Lipinski definition) is 3. The predicted octanol–water partition coefficient (Wildman–Crippen LogP) is 3.05.